The molecule has 0 radical (unpaired) electrons. The first-order valence-electron chi connectivity index (χ1n) is 12.1. The Morgan fingerprint density at radius 1 is 1.16 bits per heavy atom. The molecule has 0 spiro atoms. The summed E-state index contributed by atoms with van der Waals surface area (Å²) < 4.78 is 58.1. The molecule has 0 unspecified atom stereocenters. The molecule has 2 saturated heterocycles. The lowest BCUT2D eigenvalue weighted by Gasteiger charge is -2.34. The summed E-state index contributed by atoms with van der Waals surface area (Å²) in [5.41, 5.74) is 0.803. The van der Waals surface area contributed by atoms with Crippen molar-refractivity contribution in [1.82, 2.24) is 20.0 Å². The van der Waals surface area contributed by atoms with E-state index in [1.54, 1.807) is 0 Å². The third kappa shape index (κ3) is 5.34. The molecule has 3 aliphatic rings. The van der Waals surface area contributed by atoms with Crippen molar-refractivity contribution in [2.24, 2.45) is 0 Å². The zero-order chi connectivity index (χ0) is 26.3. The highest BCUT2D eigenvalue weighted by molar-refractivity contribution is 5.78. The van der Waals surface area contributed by atoms with Gasteiger partial charge >= 0.3 is 6.18 Å². The normalized spacial score (nSPS) is 24.4. The number of aromatic hydroxyl groups is 1. The molecule has 200 valence electrons. The molecule has 1 amide bonds. The number of hydrogen-bond acceptors (Lipinski definition) is 8. The van der Waals surface area contributed by atoms with Gasteiger partial charge in [-0.1, -0.05) is 0 Å². The summed E-state index contributed by atoms with van der Waals surface area (Å²) in [4.78, 5) is 15.9. The van der Waals surface area contributed by atoms with E-state index in [4.69, 9.17) is 4.74 Å². The van der Waals surface area contributed by atoms with Gasteiger partial charge in [-0.25, -0.2) is 4.39 Å². The number of phenols is 1. The number of phenolic OH excluding ortho intramolecular Hbond substituents is 1. The minimum absolute atomic E-state index is 0.00190. The monoisotopic (exact) mass is 525 g/mol. The van der Waals surface area contributed by atoms with Crippen LogP contribution in [0.15, 0.2) is 18.2 Å². The molecule has 0 aliphatic carbocycles. The second-order valence-corrected chi connectivity index (χ2v) is 9.68. The zero-order valence-electron chi connectivity index (χ0n) is 19.8. The van der Waals surface area contributed by atoms with E-state index in [9.17, 15) is 32.6 Å². The predicted octanol–water partition coefficient (Wildman–Crippen LogP) is 2.32. The molecule has 0 bridgehead atoms. The number of piperidine rings is 1. The van der Waals surface area contributed by atoms with E-state index >= 15 is 0 Å². The van der Waals surface area contributed by atoms with E-state index in [-0.39, 0.29) is 56.1 Å². The third-order valence-electron chi connectivity index (χ3n) is 7.04. The van der Waals surface area contributed by atoms with Crippen molar-refractivity contribution in [3.8, 4) is 17.0 Å². The number of β-amino-alcohol motifs (C(OH)–C–C–N with tert-alkyl or cyclic N) is 1. The maximum Gasteiger partial charge on any atom is 0.416 e. The fraction of sp³-hybridized carbons (Fsp3) is 0.542. The number of nitrogens with zero attached hydrogens (tertiary/aromatic N) is 4. The Bertz CT molecular complexity index is 1170. The standard InChI is InChI=1S/C24H27F4N5O4/c25-18-8-33(9-20(18)35)21(36)10-32-5-1-2-14(7-32)29-23-17-12-37-11-16(17)22(30-31-23)15-4-3-13(6-19(15)34)24(26,27)28/h3-4,6,14,18,20,34-35H,1-2,5,7-12H2,(H,29,31)/t14-,18-,20-/m1/s1. The summed E-state index contributed by atoms with van der Waals surface area (Å²) in [7, 11) is 0. The quantitative estimate of drug-likeness (QED) is 0.511. The molecule has 1 aromatic heterocycles. The largest absolute Gasteiger partial charge is 0.507 e. The van der Waals surface area contributed by atoms with Crippen LogP contribution in [0.25, 0.3) is 11.3 Å². The fourth-order valence-electron chi connectivity index (χ4n) is 5.07. The SMILES string of the molecule is O=C(CN1CCC[C@@H](Nc2nnc(-c3ccc(C(F)(F)F)cc3O)c3c2COC3)C1)N1C[C@@H](O)[C@H](F)C1. The van der Waals surface area contributed by atoms with Crippen LogP contribution < -0.4 is 5.32 Å². The Balaban J connectivity index is 1.28. The minimum atomic E-state index is -4.58. The van der Waals surface area contributed by atoms with E-state index in [1.165, 1.54) is 11.0 Å². The maximum atomic E-state index is 13.6. The van der Waals surface area contributed by atoms with Crippen molar-refractivity contribution in [3.05, 3.63) is 34.9 Å². The second-order valence-electron chi connectivity index (χ2n) is 9.68. The lowest BCUT2D eigenvalue weighted by Crippen LogP contribution is -2.47. The topological polar surface area (TPSA) is 111 Å². The van der Waals surface area contributed by atoms with Gasteiger partial charge < -0.3 is 25.2 Å². The van der Waals surface area contributed by atoms with E-state index in [0.717, 1.165) is 24.5 Å². The number of likely N-dealkylation sites (tertiary alicyclic amines) is 2. The summed E-state index contributed by atoms with van der Waals surface area (Å²) >= 11 is 0. The first-order chi connectivity index (χ1) is 17.6. The van der Waals surface area contributed by atoms with Crippen LogP contribution in [0.3, 0.4) is 0 Å². The highest BCUT2D eigenvalue weighted by Gasteiger charge is 2.35. The van der Waals surface area contributed by atoms with Gasteiger partial charge in [-0.3, -0.25) is 9.69 Å². The molecule has 2 fully saturated rings. The predicted molar refractivity (Wildman–Crippen MR) is 123 cm³/mol. The Hall–Kier alpha value is -3.03. The summed E-state index contributed by atoms with van der Waals surface area (Å²) in [5.74, 6) is -0.283. The van der Waals surface area contributed by atoms with Crippen LogP contribution in [0.2, 0.25) is 0 Å². The maximum absolute atomic E-state index is 13.6. The number of amides is 1. The number of alkyl halides is 4. The van der Waals surface area contributed by atoms with E-state index in [2.05, 4.69) is 15.5 Å². The number of benzene rings is 1. The van der Waals surface area contributed by atoms with Crippen LogP contribution in [0.1, 0.15) is 29.5 Å². The number of aliphatic hydroxyl groups is 1. The number of hydrogen-bond donors (Lipinski definition) is 3. The summed E-state index contributed by atoms with van der Waals surface area (Å²) in [6.45, 7) is 1.68. The van der Waals surface area contributed by atoms with Crippen molar-refractivity contribution in [2.45, 2.75) is 50.5 Å². The van der Waals surface area contributed by atoms with E-state index in [0.29, 0.717) is 30.5 Å². The second kappa shape index (κ2) is 10.0. The van der Waals surface area contributed by atoms with Crippen molar-refractivity contribution in [1.29, 1.82) is 0 Å². The van der Waals surface area contributed by atoms with Crippen LogP contribution >= 0.6 is 0 Å². The number of halogens is 4. The Morgan fingerprint density at radius 2 is 1.95 bits per heavy atom. The van der Waals surface area contributed by atoms with Crippen molar-refractivity contribution in [3.63, 3.8) is 0 Å². The average Bonchev–Trinajstić information content (AvgIpc) is 3.46. The molecule has 5 rings (SSSR count). The van der Waals surface area contributed by atoms with Gasteiger partial charge in [-0.05, 0) is 37.6 Å². The van der Waals surface area contributed by atoms with Crippen LogP contribution in [-0.2, 0) is 28.9 Å². The van der Waals surface area contributed by atoms with Crippen molar-refractivity contribution < 1.29 is 37.3 Å². The molecular formula is C24H27F4N5O4. The smallest absolute Gasteiger partial charge is 0.416 e. The fourth-order valence-corrected chi connectivity index (χ4v) is 5.07. The van der Waals surface area contributed by atoms with Gasteiger partial charge in [-0.15, -0.1) is 10.2 Å². The number of ether oxygens (including phenoxy) is 1. The first kappa shape index (κ1) is 25.6. The molecular weight excluding hydrogens is 498 g/mol. The Morgan fingerprint density at radius 3 is 2.65 bits per heavy atom. The van der Waals surface area contributed by atoms with Crippen LogP contribution in [-0.4, -0.2) is 87.2 Å². The summed E-state index contributed by atoms with van der Waals surface area (Å²) in [6, 6.07) is 2.68. The van der Waals surface area contributed by atoms with Crippen LogP contribution in [0, 0.1) is 0 Å². The van der Waals surface area contributed by atoms with E-state index in [1.807, 2.05) is 4.90 Å². The molecule has 3 atom stereocenters. The van der Waals surface area contributed by atoms with Gasteiger partial charge in [0.15, 0.2) is 5.82 Å². The molecule has 4 heterocycles. The molecule has 13 heteroatoms. The van der Waals surface area contributed by atoms with Gasteiger partial charge in [0.2, 0.25) is 5.91 Å². The van der Waals surface area contributed by atoms with E-state index < -0.39 is 29.8 Å². The first-order valence-corrected chi connectivity index (χ1v) is 12.1. The molecule has 0 saturated carbocycles. The zero-order valence-corrected chi connectivity index (χ0v) is 19.8. The van der Waals surface area contributed by atoms with Crippen LogP contribution in [0.4, 0.5) is 23.4 Å². The number of carbonyl (C=O) groups is 1. The van der Waals surface area contributed by atoms with Gasteiger partial charge in [0.05, 0.1) is 31.9 Å². The number of rotatable bonds is 5. The lowest BCUT2D eigenvalue weighted by molar-refractivity contribution is -0.137. The number of anilines is 1. The number of fused-ring (bicyclic) bond motifs is 1. The minimum Gasteiger partial charge on any atom is -0.507 e. The lowest BCUT2D eigenvalue weighted by atomic mass is 10.0. The summed E-state index contributed by atoms with van der Waals surface area (Å²) in [5, 5.41) is 31.7. The van der Waals surface area contributed by atoms with Crippen molar-refractivity contribution in [2.75, 3.05) is 38.0 Å². The number of aromatic nitrogens is 2. The van der Waals surface area contributed by atoms with Crippen molar-refractivity contribution >= 4 is 11.7 Å². The highest BCUT2D eigenvalue weighted by Crippen LogP contribution is 2.39. The molecule has 3 aliphatic heterocycles. The van der Waals surface area contributed by atoms with Gasteiger partial charge in [0, 0.05) is 35.8 Å². The molecule has 9 nitrogen and oxygen atoms in total. The Kier molecular flexibility index (Phi) is 6.94. The van der Waals surface area contributed by atoms with Gasteiger partial charge in [0.25, 0.3) is 0 Å². The number of nitrogens with one attached hydrogen (secondary N) is 1. The number of carbonyl (C=O) groups excluding carboxylic acids is 1. The number of aliphatic hydroxyl groups excluding tert-OH is 1. The molecule has 1 aromatic carbocycles. The van der Waals surface area contributed by atoms with Gasteiger partial charge in [0.1, 0.15) is 23.7 Å². The Labute approximate surface area is 210 Å². The summed E-state index contributed by atoms with van der Waals surface area (Å²) in [6.07, 6.45) is -5.50. The third-order valence-corrected chi connectivity index (χ3v) is 7.04. The van der Waals surface area contributed by atoms with Crippen LogP contribution in [0.5, 0.6) is 5.75 Å². The molecule has 3 N–H and O–H groups in total. The highest BCUT2D eigenvalue weighted by atomic mass is 19.4. The molecule has 2 aromatic rings. The average molecular weight is 526 g/mol. The molecule has 37 heavy (non-hydrogen) atoms. The van der Waals surface area contributed by atoms with Gasteiger partial charge in [-0.2, -0.15) is 13.2 Å².